The summed E-state index contributed by atoms with van der Waals surface area (Å²) >= 11 is 4.06. The highest BCUT2D eigenvalue weighted by Crippen LogP contribution is 1.93. The van der Waals surface area contributed by atoms with E-state index in [4.69, 9.17) is 4.74 Å². The molecule has 0 amide bonds. The maximum Gasteiger partial charge on any atom is 0.0634 e. The van der Waals surface area contributed by atoms with Crippen LogP contribution in [0.1, 0.15) is 20.3 Å². The SMILES string of the molecule is CCCOC(C)CS. The molecule has 0 N–H and O–H groups in total. The third kappa shape index (κ3) is 4.47. The van der Waals surface area contributed by atoms with Gasteiger partial charge in [-0.15, -0.1) is 0 Å². The summed E-state index contributed by atoms with van der Waals surface area (Å²) in [6.07, 6.45) is 1.41. The summed E-state index contributed by atoms with van der Waals surface area (Å²) in [6.45, 7) is 5.00. The van der Waals surface area contributed by atoms with Gasteiger partial charge in [0.25, 0.3) is 0 Å². The Bertz CT molecular complexity index is 47.8. The van der Waals surface area contributed by atoms with E-state index >= 15 is 0 Å². The van der Waals surface area contributed by atoms with Gasteiger partial charge in [0.1, 0.15) is 0 Å². The van der Waals surface area contributed by atoms with Gasteiger partial charge in [0.15, 0.2) is 0 Å². The van der Waals surface area contributed by atoms with Crippen molar-refractivity contribution < 1.29 is 4.74 Å². The number of thiol groups is 1. The van der Waals surface area contributed by atoms with Gasteiger partial charge in [0.2, 0.25) is 0 Å². The minimum atomic E-state index is 0.318. The maximum absolute atomic E-state index is 5.26. The highest BCUT2D eigenvalue weighted by molar-refractivity contribution is 7.80. The van der Waals surface area contributed by atoms with Gasteiger partial charge in [0.05, 0.1) is 6.10 Å². The first-order chi connectivity index (χ1) is 3.81. The molecule has 1 nitrogen and oxygen atoms in total. The largest absolute Gasteiger partial charge is 0.378 e. The van der Waals surface area contributed by atoms with Crippen LogP contribution in [-0.4, -0.2) is 18.5 Å². The topological polar surface area (TPSA) is 9.23 Å². The molecule has 0 aromatic heterocycles. The lowest BCUT2D eigenvalue weighted by molar-refractivity contribution is 0.0828. The summed E-state index contributed by atoms with van der Waals surface area (Å²) in [5.74, 6) is 0.819. The molecule has 1 atom stereocenters. The number of hydrogen-bond donors (Lipinski definition) is 1. The first-order valence-electron chi connectivity index (χ1n) is 3.03. The summed E-state index contributed by atoms with van der Waals surface area (Å²) in [4.78, 5) is 0. The number of ether oxygens (including phenoxy) is 1. The van der Waals surface area contributed by atoms with Crippen molar-refractivity contribution in [2.75, 3.05) is 12.4 Å². The Morgan fingerprint density at radius 1 is 1.62 bits per heavy atom. The number of rotatable bonds is 4. The second kappa shape index (κ2) is 5.45. The lowest BCUT2D eigenvalue weighted by Gasteiger charge is -2.07. The Labute approximate surface area is 56.8 Å². The van der Waals surface area contributed by atoms with Crippen LogP contribution in [0.4, 0.5) is 0 Å². The molecule has 0 aromatic carbocycles. The van der Waals surface area contributed by atoms with E-state index in [9.17, 15) is 0 Å². The van der Waals surface area contributed by atoms with Gasteiger partial charge in [-0.05, 0) is 13.3 Å². The molecule has 0 heterocycles. The lowest BCUT2D eigenvalue weighted by Crippen LogP contribution is -2.09. The molecule has 50 valence electrons. The van der Waals surface area contributed by atoms with E-state index in [1.807, 2.05) is 6.92 Å². The van der Waals surface area contributed by atoms with Crippen LogP contribution in [0.2, 0.25) is 0 Å². The zero-order valence-electron chi connectivity index (χ0n) is 5.55. The predicted octanol–water partition coefficient (Wildman–Crippen LogP) is 1.73. The molecular formula is C6H14OS. The minimum Gasteiger partial charge on any atom is -0.378 e. The average Bonchev–Trinajstić information content (AvgIpc) is 1.83. The van der Waals surface area contributed by atoms with Gasteiger partial charge in [-0.3, -0.25) is 0 Å². The van der Waals surface area contributed by atoms with Gasteiger partial charge in [0, 0.05) is 12.4 Å². The van der Waals surface area contributed by atoms with Gasteiger partial charge in [-0.25, -0.2) is 0 Å². The maximum atomic E-state index is 5.26. The van der Waals surface area contributed by atoms with Crippen molar-refractivity contribution in [3.63, 3.8) is 0 Å². The molecule has 0 aromatic rings. The second-order valence-corrected chi connectivity index (χ2v) is 2.23. The molecule has 0 aliphatic rings. The van der Waals surface area contributed by atoms with Crippen LogP contribution in [0.5, 0.6) is 0 Å². The van der Waals surface area contributed by atoms with E-state index in [1.54, 1.807) is 0 Å². The van der Waals surface area contributed by atoms with Crippen molar-refractivity contribution in [2.45, 2.75) is 26.4 Å². The van der Waals surface area contributed by atoms with Crippen molar-refractivity contribution >= 4 is 12.6 Å². The number of hydrogen-bond acceptors (Lipinski definition) is 2. The van der Waals surface area contributed by atoms with E-state index in [-0.39, 0.29) is 0 Å². The molecule has 0 radical (unpaired) electrons. The fourth-order valence-corrected chi connectivity index (χ4v) is 0.477. The molecule has 0 rings (SSSR count). The quantitative estimate of drug-likeness (QED) is 0.576. The van der Waals surface area contributed by atoms with Crippen molar-refractivity contribution in [1.29, 1.82) is 0 Å². The lowest BCUT2D eigenvalue weighted by atomic mass is 10.4. The highest BCUT2D eigenvalue weighted by atomic mass is 32.1. The van der Waals surface area contributed by atoms with Gasteiger partial charge >= 0.3 is 0 Å². The molecule has 0 bridgehead atoms. The summed E-state index contributed by atoms with van der Waals surface area (Å²) in [7, 11) is 0. The third-order valence-corrected chi connectivity index (χ3v) is 1.38. The van der Waals surface area contributed by atoms with Crippen LogP contribution >= 0.6 is 12.6 Å². The van der Waals surface area contributed by atoms with E-state index in [2.05, 4.69) is 19.6 Å². The van der Waals surface area contributed by atoms with Gasteiger partial charge < -0.3 is 4.74 Å². The summed E-state index contributed by atoms with van der Waals surface area (Å²) in [5, 5.41) is 0. The minimum absolute atomic E-state index is 0.318. The standard InChI is InChI=1S/C6H14OS/c1-3-4-7-6(2)5-8/h6,8H,3-5H2,1-2H3. The van der Waals surface area contributed by atoms with Crippen LogP contribution in [-0.2, 0) is 4.74 Å². The second-order valence-electron chi connectivity index (χ2n) is 1.86. The van der Waals surface area contributed by atoms with E-state index < -0.39 is 0 Å². The smallest absolute Gasteiger partial charge is 0.0634 e. The third-order valence-electron chi connectivity index (χ3n) is 0.864. The Morgan fingerprint density at radius 3 is 2.62 bits per heavy atom. The monoisotopic (exact) mass is 134 g/mol. The van der Waals surface area contributed by atoms with Crippen LogP contribution in [0.25, 0.3) is 0 Å². The van der Waals surface area contributed by atoms with Crippen LogP contribution < -0.4 is 0 Å². The zero-order valence-corrected chi connectivity index (χ0v) is 6.45. The first kappa shape index (κ1) is 8.31. The van der Waals surface area contributed by atoms with Crippen molar-refractivity contribution in [3.8, 4) is 0 Å². The molecule has 2 heteroatoms. The Hall–Kier alpha value is 0.310. The van der Waals surface area contributed by atoms with Crippen molar-refractivity contribution in [1.82, 2.24) is 0 Å². The van der Waals surface area contributed by atoms with E-state index in [1.165, 1.54) is 0 Å². The van der Waals surface area contributed by atoms with Gasteiger partial charge in [-0.1, -0.05) is 6.92 Å². The van der Waals surface area contributed by atoms with E-state index in [0.29, 0.717) is 6.10 Å². The average molecular weight is 134 g/mol. The van der Waals surface area contributed by atoms with Crippen LogP contribution in [0, 0.1) is 0 Å². The molecule has 0 fully saturated rings. The van der Waals surface area contributed by atoms with Crippen LogP contribution in [0.3, 0.4) is 0 Å². The Morgan fingerprint density at radius 2 is 2.25 bits per heavy atom. The van der Waals surface area contributed by atoms with Gasteiger partial charge in [-0.2, -0.15) is 12.6 Å². The fraction of sp³-hybridized carbons (Fsp3) is 1.00. The van der Waals surface area contributed by atoms with Crippen molar-refractivity contribution in [2.24, 2.45) is 0 Å². The predicted molar refractivity (Wildman–Crippen MR) is 39.6 cm³/mol. The molecule has 0 aliphatic heterocycles. The zero-order chi connectivity index (χ0) is 6.41. The molecule has 0 saturated heterocycles. The molecule has 1 unspecified atom stereocenters. The first-order valence-corrected chi connectivity index (χ1v) is 3.67. The van der Waals surface area contributed by atoms with E-state index in [0.717, 1.165) is 18.8 Å². The summed E-state index contributed by atoms with van der Waals surface area (Å²) in [5.41, 5.74) is 0. The molecule has 8 heavy (non-hydrogen) atoms. The highest BCUT2D eigenvalue weighted by Gasteiger charge is 1.94. The fourth-order valence-electron chi connectivity index (χ4n) is 0.372. The molecule has 0 spiro atoms. The van der Waals surface area contributed by atoms with Crippen molar-refractivity contribution in [3.05, 3.63) is 0 Å². The molecule has 0 saturated carbocycles. The summed E-state index contributed by atoms with van der Waals surface area (Å²) < 4.78 is 5.26. The Balaban J connectivity index is 2.86. The molecular weight excluding hydrogens is 120 g/mol. The Kier molecular flexibility index (Phi) is 5.66. The summed E-state index contributed by atoms with van der Waals surface area (Å²) in [6, 6.07) is 0. The molecule has 0 aliphatic carbocycles. The van der Waals surface area contributed by atoms with Crippen LogP contribution in [0.15, 0.2) is 0 Å². The normalized spacial score (nSPS) is 13.9.